The Bertz CT molecular complexity index is 881. The van der Waals surface area contributed by atoms with Crippen LogP contribution in [0.4, 0.5) is 0 Å². The molecule has 0 aliphatic rings. The normalized spacial score (nSPS) is 12.0. The van der Waals surface area contributed by atoms with Crippen molar-refractivity contribution in [2.24, 2.45) is 5.92 Å². The molecule has 0 aliphatic carbocycles. The van der Waals surface area contributed by atoms with E-state index in [1.807, 2.05) is 20.8 Å². The van der Waals surface area contributed by atoms with Crippen LogP contribution in [0.1, 0.15) is 31.3 Å². The molecular formula is C18H25N5O3S. The largest absolute Gasteiger partial charge is 0.383 e. The molecular weight excluding hydrogens is 366 g/mol. The molecule has 3 N–H and O–H groups in total. The van der Waals surface area contributed by atoms with E-state index in [0.29, 0.717) is 23.9 Å². The molecule has 0 bridgehead atoms. The number of carbonyl (C=O) groups excluding carboxylic acids is 1. The molecule has 8 nitrogen and oxygen atoms in total. The number of ether oxygens (including phenoxy) is 1. The number of carbonyl (C=O) groups is 1. The Balaban J connectivity index is 2.23. The maximum Gasteiger partial charge on any atom is 0.290 e. The number of thiocarbonyl (C=S) groups is 1. The van der Waals surface area contributed by atoms with Crippen molar-refractivity contribution >= 4 is 34.0 Å². The second kappa shape index (κ2) is 9.43. The molecule has 0 fully saturated rings. The molecule has 1 amide bonds. The standard InChI is InChI=1S/C18H25N5O3S/c1-11(2)9-23-17(25)14-8-6-5-7-13(14)15(22-23)16(24)20-21-18(27)19-12(3)10-26-4/h5-8,11-12H,9-10H2,1-4H3,(H,20,24)(H2,19,21,27)/t12-/m0/s1. The van der Waals surface area contributed by atoms with Gasteiger partial charge in [0.1, 0.15) is 0 Å². The van der Waals surface area contributed by atoms with Crippen LogP contribution in [0.2, 0.25) is 0 Å². The third-order valence-corrected chi connectivity index (χ3v) is 3.92. The highest BCUT2D eigenvalue weighted by molar-refractivity contribution is 7.80. The molecule has 0 unspecified atom stereocenters. The van der Waals surface area contributed by atoms with Crippen molar-refractivity contribution in [3.05, 3.63) is 40.3 Å². The van der Waals surface area contributed by atoms with E-state index in [1.165, 1.54) is 4.68 Å². The van der Waals surface area contributed by atoms with Gasteiger partial charge in [0.05, 0.1) is 12.0 Å². The second-order valence-electron chi connectivity index (χ2n) is 6.68. The van der Waals surface area contributed by atoms with Gasteiger partial charge in [0.15, 0.2) is 10.8 Å². The van der Waals surface area contributed by atoms with Crippen molar-refractivity contribution in [3.8, 4) is 0 Å². The van der Waals surface area contributed by atoms with E-state index in [-0.39, 0.29) is 28.3 Å². The molecule has 146 valence electrons. The van der Waals surface area contributed by atoms with Gasteiger partial charge in [0.25, 0.3) is 11.5 Å². The van der Waals surface area contributed by atoms with Gasteiger partial charge in [-0.2, -0.15) is 5.10 Å². The third-order valence-electron chi connectivity index (χ3n) is 3.70. The number of hydrazine groups is 1. The molecule has 0 aliphatic heterocycles. The molecule has 27 heavy (non-hydrogen) atoms. The lowest BCUT2D eigenvalue weighted by molar-refractivity contribution is 0.0937. The number of fused-ring (bicyclic) bond motifs is 1. The fraction of sp³-hybridized carbons (Fsp3) is 0.444. The highest BCUT2D eigenvalue weighted by Gasteiger charge is 2.17. The Hall–Kier alpha value is -2.52. The summed E-state index contributed by atoms with van der Waals surface area (Å²) < 4.78 is 6.36. The van der Waals surface area contributed by atoms with Crippen LogP contribution in [0.15, 0.2) is 29.1 Å². The van der Waals surface area contributed by atoms with Crippen LogP contribution in [0.3, 0.4) is 0 Å². The maximum absolute atomic E-state index is 12.7. The molecule has 0 saturated carbocycles. The zero-order valence-corrected chi connectivity index (χ0v) is 16.7. The number of amides is 1. The summed E-state index contributed by atoms with van der Waals surface area (Å²) in [6.07, 6.45) is 0. The Kier molecular flexibility index (Phi) is 7.26. The Morgan fingerprint density at radius 3 is 2.52 bits per heavy atom. The number of nitrogens with one attached hydrogen (secondary N) is 3. The smallest absolute Gasteiger partial charge is 0.290 e. The Labute approximate surface area is 163 Å². The Morgan fingerprint density at radius 2 is 1.89 bits per heavy atom. The fourth-order valence-electron chi connectivity index (χ4n) is 2.60. The topological polar surface area (TPSA) is 97.3 Å². The Morgan fingerprint density at radius 1 is 1.22 bits per heavy atom. The SMILES string of the molecule is COC[C@H](C)NC(=S)NNC(=O)c1nn(CC(C)C)c(=O)c2ccccc12. The highest BCUT2D eigenvalue weighted by atomic mass is 32.1. The summed E-state index contributed by atoms with van der Waals surface area (Å²) in [7, 11) is 1.60. The first-order valence-corrected chi connectivity index (χ1v) is 9.10. The first-order valence-electron chi connectivity index (χ1n) is 8.69. The van der Waals surface area contributed by atoms with Gasteiger partial charge in [-0.3, -0.25) is 20.4 Å². The second-order valence-corrected chi connectivity index (χ2v) is 7.09. The average molecular weight is 391 g/mol. The molecule has 9 heteroatoms. The fourth-order valence-corrected chi connectivity index (χ4v) is 2.85. The van der Waals surface area contributed by atoms with Crippen LogP contribution in [-0.4, -0.2) is 40.6 Å². The van der Waals surface area contributed by atoms with Crippen molar-refractivity contribution in [3.63, 3.8) is 0 Å². The van der Waals surface area contributed by atoms with Crippen molar-refractivity contribution in [2.75, 3.05) is 13.7 Å². The molecule has 0 saturated heterocycles. The van der Waals surface area contributed by atoms with E-state index < -0.39 is 5.91 Å². The monoisotopic (exact) mass is 391 g/mol. The van der Waals surface area contributed by atoms with E-state index in [0.717, 1.165) is 0 Å². The number of aromatic nitrogens is 2. The number of benzene rings is 1. The first-order chi connectivity index (χ1) is 12.8. The van der Waals surface area contributed by atoms with Gasteiger partial charge >= 0.3 is 0 Å². The summed E-state index contributed by atoms with van der Waals surface area (Å²) in [4.78, 5) is 25.3. The lowest BCUT2D eigenvalue weighted by atomic mass is 10.1. The number of hydrogen-bond donors (Lipinski definition) is 3. The van der Waals surface area contributed by atoms with Crippen molar-refractivity contribution in [2.45, 2.75) is 33.4 Å². The minimum Gasteiger partial charge on any atom is -0.383 e. The molecule has 2 rings (SSSR count). The van der Waals surface area contributed by atoms with Gasteiger partial charge in [0.2, 0.25) is 0 Å². The summed E-state index contributed by atoms with van der Waals surface area (Å²) in [5.74, 6) is -0.267. The van der Waals surface area contributed by atoms with Crippen LogP contribution < -0.4 is 21.7 Å². The van der Waals surface area contributed by atoms with Gasteiger partial charge in [0, 0.05) is 25.1 Å². The minimum atomic E-state index is -0.479. The molecule has 0 radical (unpaired) electrons. The number of nitrogens with zero attached hydrogens (tertiary/aromatic N) is 2. The molecule has 1 aromatic carbocycles. The van der Waals surface area contributed by atoms with Crippen LogP contribution in [0, 0.1) is 5.92 Å². The summed E-state index contributed by atoms with van der Waals surface area (Å²) >= 11 is 5.14. The molecule has 2 aromatic rings. The highest BCUT2D eigenvalue weighted by Crippen LogP contribution is 2.13. The van der Waals surface area contributed by atoms with Gasteiger partial charge in [-0.1, -0.05) is 32.0 Å². The minimum absolute atomic E-state index is 0.0150. The van der Waals surface area contributed by atoms with Gasteiger partial charge in [-0.15, -0.1) is 0 Å². The first kappa shape index (κ1) is 20.8. The predicted molar refractivity (Wildman–Crippen MR) is 109 cm³/mol. The van der Waals surface area contributed by atoms with E-state index in [2.05, 4.69) is 21.3 Å². The van der Waals surface area contributed by atoms with E-state index in [9.17, 15) is 9.59 Å². The number of rotatable bonds is 6. The summed E-state index contributed by atoms with van der Waals surface area (Å²) in [5, 5.41) is 8.46. The van der Waals surface area contributed by atoms with E-state index in [4.69, 9.17) is 17.0 Å². The van der Waals surface area contributed by atoms with Crippen molar-refractivity contribution < 1.29 is 9.53 Å². The zero-order valence-electron chi connectivity index (χ0n) is 15.9. The summed E-state index contributed by atoms with van der Waals surface area (Å²) in [6, 6.07) is 6.91. The van der Waals surface area contributed by atoms with Gasteiger partial charge in [-0.05, 0) is 31.1 Å². The zero-order chi connectivity index (χ0) is 20.0. The molecule has 0 spiro atoms. The van der Waals surface area contributed by atoms with Crippen LogP contribution in [-0.2, 0) is 11.3 Å². The van der Waals surface area contributed by atoms with E-state index in [1.54, 1.807) is 31.4 Å². The molecule has 1 heterocycles. The lowest BCUT2D eigenvalue weighted by Gasteiger charge is -2.17. The predicted octanol–water partition coefficient (Wildman–Crippen LogP) is 1.20. The van der Waals surface area contributed by atoms with Crippen molar-refractivity contribution in [1.82, 2.24) is 25.9 Å². The average Bonchev–Trinajstić information content (AvgIpc) is 2.62. The lowest BCUT2D eigenvalue weighted by Crippen LogP contribution is -2.50. The van der Waals surface area contributed by atoms with Crippen LogP contribution in [0.25, 0.3) is 10.8 Å². The number of methoxy groups -OCH3 is 1. The van der Waals surface area contributed by atoms with Gasteiger partial charge < -0.3 is 10.1 Å². The van der Waals surface area contributed by atoms with Gasteiger partial charge in [-0.25, -0.2) is 4.68 Å². The molecule has 1 atom stereocenters. The molecule has 1 aromatic heterocycles. The quantitative estimate of drug-likeness (QED) is 0.503. The summed E-state index contributed by atoms with van der Waals surface area (Å²) in [6.45, 7) is 6.76. The van der Waals surface area contributed by atoms with E-state index >= 15 is 0 Å². The van der Waals surface area contributed by atoms with Crippen LogP contribution in [0.5, 0.6) is 0 Å². The summed E-state index contributed by atoms with van der Waals surface area (Å²) in [5.41, 5.74) is 5.12. The maximum atomic E-state index is 12.7. The third kappa shape index (κ3) is 5.48. The number of hydrogen-bond acceptors (Lipinski definition) is 5. The van der Waals surface area contributed by atoms with Crippen LogP contribution >= 0.6 is 12.2 Å². The van der Waals surface area contributed by atoms with Crippen molar-refractivity contribution in [1.29, 1.82) is 0 Å².